The largest absolute Gasteiger partial charge is 0.124 e. The predicted molar refractivity (Wildman–Crippen MR) is 48.5 cm³/mol. The third kappa shape index (κ3) is 3.71. The topological polar surface area (TPSA) is 0 Å². The summed E-state index contributed by atoms with van der Waals surface area (Å²) >= 11 is 17.1. The maximum atomic E-state index is 5.89. The summed E-state index contributed by atoms with van der Waals surface area (Å²) < 4.78 is 0. The molecule has 4 heteroatoms. The molecular formula is C5H11Cl3Si. The van der Waals surface area contributed by atoms with Gasteiger partial charge in [-0.1, -0.05) is 19.6 Å². The molecule has 0 bridgehead atoms. The summed E-state index contributed by atoms with van der Waals surface area (Å²) in [6.07, 6.45) is 0. The van der Waals surface area contributed by atoms with Crippen LogP contribution in [0.2, 0.25) is 19.6 Å². The molecule has 0 aliphatic rings. The molecule has 1 unspecified atom stereocenters. The van der Waals surface area contributed by atoms with E-state index in [-0.39, 0.29) is 5.00 Å². The number of rotatable bonds is 2. The zero-order valence-electron chi connectivity index (χ0n) is 5.79. The van der Waals surface area contributed by atoms with Gasteiger partial charge in [-0.15, -0.1) is 34.8 Å². The van der Waals surface area contributed by atoms with E-state index in [2.05, 4.69) is 19.6 Å². The Bertz CT molecular complexity index is 86.7. The van der Waals surface area contributed by atoms with Crippen molar-refractivity contribution < 1.29 is 0 Å². The van der Waals surface area contributed by atoms with Gasteiger partial charge in [-0.25, -0.2) is 0 Å². The van der Waals surface area contributed by atoms with Gasteiger partial charge in [0.25, 0.3) is 0 Å². The quantitative estimate of drug-likeness (QED) is 0.480. The molecule has 0 rings (SSSR count). The van der Waals surface area contributed by atoms with Gasteiger partial charge in [0.2, 0.25) is 0 Å². The molecule has 1 atom stereocenters. The highest BCUT2D eigenvalue weighted by Gasteiger charge is 2.29. The first kappa shape index (κ1) is 10.1. The smallest absolute Gasteiger partial charge is 0.121 e. The molecule has 56 valence electrons. The maximum absolute atomic E-state index is 5.89. The molecule has 0 aromatic heterocycles. The van der Waals surface area contributed by atoms with E-state index in [1.54, 1.807) is 0 Å². The average Bonchev–Trinajstić information content (AvgIpc) is 1.62. The van der Waals surface area contributed by atoms with Gasteiger partial charge in [-0.2, -0.15) is 0 Å². The van der Waals surface area contributed by atoms with Crippen molar-refractivity contribution in [2.24, 2.45) is 0 Å². The Hall–Kier alpha value is 1.09. The first-order valence-corrected chi connectivity index (χ1v) is 7.66. The van der Waals surface area contributed by atoms with Crippen LogP contribution in [0.25, 0.3) is 0 Å². The number of alkyl halides is 3. The van der Waals surface area contributed by atoms with Gasteiger partial charge in [-0.05, 0) is 0 Å². The second kappa shape index (κ2) is 3.47. The molecule has 0 nitrogen and oxygen atoms in total. The highest BCUT2D eigenvalue weighted by molar-refractivity contribution is 6.86. The summed E-state index contributed by atoms with van der Waals surface area (Å²) in [6.45, 7) is 6.42. The zero-order chi connectivity index (χ0) is 7.65. The molecular weight excluding hydrogens is 194 g/mol. The van der Waals surface area contributed by atoms with Gasteiger partial charge < -0.3 is 0 Å². The zero-order valence-corrected chi connectivity index (χ0v) is 9.06. The molecule has 0 saturated heterocycles. The van der Waals surface area contributed by atoms with E-state index in [0.29, 0.717) is 0 Å². The lowest BCUT2D eigenvalue weighted by molar-refractivity contribution is 1.21. The summed E-state index contributed by atoms with van der Waals surface area (Å²) in [4.78, 5) is -0.418. The van der Waals surface area contributed by atoms with Gasteiger partial charge in [0.15, 0.2) is 0 Å². The van der Waals surface area contributed by atoms with Crippen LogP contribution in [0, 0.1) is 0 Å². The van der Waals surface area contributed by atoms with Crippen molar-refractivity contribution in [1.82, 2.24) is 0 Å². The summed E-state index contributed by atoms with van der Waals surface area (Å²) in [5.41, 5.74) is 0. The molecule has 0 spiro atoms. The van der Waals surface area contributed by atoms with E-state index >= 15 is 0 Å². The van der Waals surface area contributed by atoms with Crippen molar-refractivity contribution in [1.29, 1.82) is 0 Å². The van der Waals surface area contributed by atoms with Gasteiger partial charge in [0.05, 0.1) is 13.1 Å². The molecule has 0 amide bonds. The SMILES string of the molecule is C[Si](C)(C)C(Cl)C(Cl)Cl. The second-order valence-electron chi connectivity index (χ2n) is 3.10. The van der Waals surface area contributed by atoms with E-state index in [9.17, 15) is 0 Å². The van der Waals surface area contributed by atoms with Crippen molar-refractivity contribution in [3.8, 4) is 0 Å². The van der Waals surface area contributed by atoms with Crippen LogP contribution in [-0.4, -0.2) is 17.9 Å². The summed E-state index contributed by atoms with van der Waals surface area (Å²) in [5, 5.41) is -0.0409. The van der Waals surface area contributed by atoms with Gasteiger partial charge in [0, 0.05) is 0 Å². The second-order valence-corrected chi connectivity index (χ2v) is 10.5. The van der Waals surface area contributed by atoms with Crippen LogP contribution in [0.1, 0.15) is 0 Å². The molecule has 0 N–H and O–H groups in total. The van der Waals surface area contributed by atoms with Crippen molar-refractivity contribution in [3.05, 3.63) is 0 Å². The Morgan fingerprint density at radius 2 is 1.33 bits per heavy atom. The maximum Gasteiger partial charge on any atom is 0.121 e. The van der Waals surface area contributed by atoms with E-state index in [4.69, 9.17) is 34.8 Å². The van der Waals surface area contributed by atoms with Crippen LogP contribution >= 0.6 is 34.8 Å². The third-order valence-electron chi connectivity index (χ3n) is 1.05. The lowest BCUT2D eigenvalue weighted by atomic mass is 10.9. The number of hydrogen-bond donors (Lipinski definition) is 0. The van der Waals surface area contributed by atoms with Crippen molar-refractivity contribution >= 4 is 42.9 Å². The van der Waals surface area contributed by atoms with E-state index in [1.807, 2.05) is 0 Å². The van der Waals surface area contributed by atoms with Gasteiger partial charge in [0.1, 0.15) is 4.84 Å². The van der Waals surface area contributed by atoms with Crippen LogP contribution in [0.15, 0.2) is 0 Å². The summed E-state index contributed by atoms with van der Waals surface area (Å²) in [7, 11) is -1.32. The van der Waals surface area contributed by atoms with Gasteiger partial charge in [-0.3, -0.25) is 0 Å². The Morgan fingerprint density at radius 1 is 1.00 bits per heavy atom. The third-order valence-corrected chi connectivity index (χ3v) is 6.44. The van der Waals surface area contributed by atoms with Crippen molar-refractivity contribution in [2.45, 2.75) is 29.5 Å². The minimum absolute atomic E-state index is 0.0409. The van der Waals surface area contributed by atoms with E-state index in [1.165, 1.54) is 0 Å². The van der Waals surface area contributed by atoms with Crippen LogP contribution in [0.5, 0.6) is 0 Å². The highest BCUT2D eigenvalue weighted by atomic mass is 35.5. The fourth-order valence-corrected chi connectivity index (χ4v) is 3.40. The Kier molecular flexibility index (Phi) is 3.89. The summed E-state index contributed by atoms with van der Waals surface area (Å²) in [5.74, 6) is 0. The minimum Gasteiger partial charge on any atom is -0.124 e. The lowest BCUT2D eigenvalue weighted by Crippen LogP contribution is -2.38. The van der Waals surface area contributed by atoms with Crippen molar-refractivity contribution in [3.63, 3.8) is 0 Å². The van der Waals surface area contributed by atoms with E-state index in [0.717, 1.165) is 0 Å². The van der Waals surface area contributed by atoms with E-state index < -0.39 is 12.9 Å². The van der Waals surface area contributed by atoms with Crippen LogP contribution in [0.3, 0.4) is 0 Å². The monoisotopic (exact) mass is 204 g/mol. The van der Waals surface area contributed by atoms with Crippen LogP contribution in [-0.2, 0) is 0 Å². The molecule has 0 radical (unpaired) electrons. The standard InChI is InChI=1S/C5H11Cl3Si/c1-9(2,3)5(8)4(6)7/h4-5H,1-3H3. The minimum atomic E-state index is -1.32. The molecule has 0 heterocycles. The predicted octanol–water partition coefficient (Wildman–Crippen LogP) is 3.27. The van der Waals surface area contributed by atoms with Crippen LogP contribution in [0.4, 0.5) is 0 Å². The lowest BCUT2D eigenvalue weighted by Gasteiger charge is -2.23. The first-order valence-electron chi connectivity index (χ1n) is 2.78. The van der Waals surface area contributed by atoms with Crippen LogP contribution < -0.4 is 0 Å². The summed E-state index contributed by atoms with van der Waals surface area (Å²) in [6, 6.07) is 0. The molecule has 9 heavy (non-hydrogen) atoms. The Balaban J connectivity index is 3.88. The fraction of sp³-hybridized carbons (Fsp3) is 1.00. The Morgan fingerprint density at radius 3 is 1.33 bits per heavy atom. The Labute approximate surface area is 72.5 Å². The fourth-order valence-electron chi connectivity index (χ4n) is 0.378. The number of halogens is 3. The average molecular weight is 206 g/mol. The molecule has 0 aliphatic carbocycles. The highest BCUT2D eigenvalue weighted by Crippen LogP contribution is 2.23. The van der Waals surface area contributed by atoms with Gasteiger partial charge >= 0.3 is 0 Å². The normalized spacial score (nSPS) is 16.3. The molecule has 0 aromatic rings. The molecule has 0 aliphatic heterocycles. The molecule has 0 aromatic carbocycles. The molecule has 0 fully saturated rings. The number of hydrogen-bond acceptors (Lipinski definition) is 0. The van der Waals surface area contributed by atoms with Crippen molar-refractivity contribution in [2.75, 3.05) is 0 Å². The first-order chi connectivity index (χ1) is 3.85. The molecule has 0 saturated carbocycles.